The summed E-state index contributed by atoms with van der Waals surface area (Å²) < 4.78 is 0. The summed E-state index contributed by atoms with van der Waals surface area (Å²) in [6, 6.07) is 0. The molecule has 1 heteroatoms. The van der Waals surface area contributed by atoms with Crippen LogP contribution in [0.5, 0.6) is 0 Å². The van der Waals surface area contributed by atoms with E-state index in [0.29, 0.717) is 0 Å². The highest BCUT2D eigenvalue weighted by Crippen LogP contribution is 2.11. The molecule has 0 amide bonds. The standard InChI is InChI=1S/C14H21N/c1-10(2)8-9-14(12(5)6)15-13(7)11(3)4/h8-9H,3,5H2,1-2,4,6-7H3/b14-9+,15-13+. The Morgan fingerprint density at radius 3 is 1.73 bits per heavy atom. The van der Waals surface area contributed by atoms with E-state index in [1.54, 1.807) is 0 Å². The van der Waals surface area contributed by atoms with Gasteiger partial charge in [-0.1, -0.05) is 24.8 Å². The van der Waals surface area contributed by atoms with Gasteiger partial charge in [-0.25, -0.2) is 0 Å². The number of hydrogen-bond donors (Lipinski definition) is 0. The summed E-state index contributed by atoms with van der Waals surface area (Å²) in [6.07, 6.45) is 4.03. The van der Waals surface area contributed by atoms with Crippen molar-refractivity contribution in [1.29, 1.82) is 0 Å². The van der Waals surface area contributed by atoms with E-state index in [4.69, 9.17) is 0 Å². The molecule has 0 heterocycles. The fourth-order valence-electron chi connectivity index (χ4n) is 0.797. The van der Waals surface area contributed by atoms with Crippen molar-refractivity contribution in [2.24, 2.45) is 4.99 Å². The average Bonchev–Trinajstić information content (AvgIpc) is 2.10. The fraction of sp³-hybridized carbons (Fsp3) is 0.357. The summed E-state index contributed by atoms with van der Waals surface area (Å²) in [5, 5.41) is 0. The van der Waals surface area contributed by atoms with Crippen molar-refractivity contribution in [2.45, 2.75) is 34.6 Å². The summed E-state index contributed by atoms with van der Waals surface area (Å²) >= 11 is 0. The van der Waals surface area contributed by atoms with Gasteiger partial charge < -0.3 is 0 Å². The normalized spacial score (nSPS) is 12.3. The molecule has 0 aliphatic carbocycles. The summed E-state index contributed by atoms with van der Waals surface area (Å²) in [7, 11) is 0. The first-order valence-electron chi connectivity index (χ1n) is 5.07. The Labute approximate surface area is 93.6 Å². The van der Waals surface area contributed by atoms with E-state index in [-0.39, 0.29) is 0 Å². The molecule has 0 rings (SSSR count). The van der Waals surface area contributed by atoms with Crippen LogP contribution in [0.4, 0.5) is 0 Å². The number of hydrogen-bond acceptors (Lipinski definition) is 1. The first-order valence-corrected chi connectivity index (χ1v) is 5.07. The van der Waals surface area contributed by atoms with Gasteiger partial charge in [0.25, 0.3) is 0 Å². The van der Waals surface area contributed by atoms with E-state index in [2.05, 4.69) is 32.0 Å². The van der Waals surface area contributed by atoms with Crippen LogP contribution in [-0.4, -0.2) is 5.71 Å². The van der Waals surface area contributed by atoms with Crippen LogP contribution in [0.15, 0.2) is 52.7 Å². The highest BCUT2D eigenvalue weighted by Gasteiger charge is 1.97. The Morgan fingerprint density at radius 2 is 1.40 bits per heavy atom. The number of allylic oxidation sites excluding steroid dienone is 5. The summed E-state index contributed by atoms with van der Waals surface area (Å²) in [5.41, 5.74) is 5.06. The van der Waals surface area contributed by atoms with Gasteiger partial charge in [0.15, 0.2) is 0 Å². The quantitative estimate of drug-likeness (QED) is 0.473. The lowest BCUT2D eigenvalue weighted by Crippen LogP contribution is -1.93. The van der Waals surface area contributed by atoms with Crippen molar-refractivity contribution >= 4 is 5.71 Å². The summed E-state index contributed by atoms with van der Waals surface area (Å²) in [4.78, 5) is 4.48. The summed E-state index contributed by atoms with van der Waals surface area (Å²) in [6.45, 7) is 17.8. The van der Waals surface area contributed by atoms with Crippen molar-refractivity contribution in [1.82, 2.24) is 0 Å². The molecule has 0 atom stereocenters. The predicted octanol–water partition coefficient (Wildman–Crippen LogP) is 4.45. The zero-order valence-corrected chi connectivity index (χ0v) is 10.5. The Balaban J connectivity index is 5.10. The highest BCUT2D eigenvalue weighted by atomic mass is 14.8. The molecule has 0 aromatic rings. The van der Waals surface area contributed by atoms with Gasteiger partial charge in [0.1, 0.15) is 0 Å². The molecule has 0 bridgehead atoms. The molecule has 0 N–H and O–H groups in total. The van der Waals surface area contributed by atoms with Crippen molar-refractivity contribution in [3.63, 3.8) is 0 Å². The number of nitrogens with zero attached hydrogens (tertiary/aromatic N) is 1. The van der Waals surface area contributed by atoms with E-state index in [0.717, 1.165) is 22.6 Å². The van der Waals surface area contributed by atoms with Crippen LogP contribution in [0, 0.1) is 0 Å². The van der Waals surface area contributed by atoms with Crippen molar-refractivity contribution in [3.05, 3.63) is 47.7 Å². The monoisotopic (exact) mass is 203 g/mol. The third kappa shape index (κ3) is 5.84. The predicted molar refractivity (Wildman–Crippen MR) is 70.3 cm³/mol. The molecule has 15 heavy (non-hydrogen) atoms. The second-order valence-corrected chi connectivity index (χ2v) is 4.05. The van der Waals surface area contributed by atoms with Crippen LogP contribution < -0.4 is 0 Å². The Hall–Kier alpha value is -1.37. The maximum absolute atomic E-state index is 4.48. The minimum atomic E-state index is 0.914. The van der Waals surface area contributed by atoms with Crippen LogP contribution >= 0.6 is 0 Å². The third-order valence-corrected chi connectivity index (χ3v) is 1.92. The zero-order chi connectivity index (χ0) is 12.0. The molecule has 0 saturated heterocycles. The van der Waals surface area contributed by atoms with Crippen LogP contribution in [0.2, 0.25) is 0 Å². The van der Waals surface area contributed by atoms with Gasteiger partial charge in [0, 0.05) is 5.71 Å². The zero-order valence-electron chi connectivity index (χ0n) is 10.5. The lowest BCUT2D eigenvalue weighted by Gasteiger charge is -2.03. The number of rotatable bonds is 4. The minimum Gasteiger partial charge on any atom is -0.253 e. The maximum Gasteiger partial charge on any atom is 0.0656 e. The van der Waals surface area contributed by atoms with Gasteiger partial charge in [-0.15, -0.1) is 0 Å². The van der Waals surface area contributed by atoms with E-state index in [1.165, 1.54) is 5.57 Å². The van der Waals surface area contributed by atoms with Crippen LogP contribution in [0.1, 0.15) is 34.6 Å². The van der Waals surface area contributed by atoms with Gasteiger partial charge in [-0.3, -0.25) is 4.99 Å². The molecule has 0 saturated carbocycles. The van der Waals surface area contributed by atoms with Crippen LogP contribution in [-0.2, 0) is 0 Å². The van der Waals surface area contributed by atoms with Crippen LogP contribution in [0.3, 0.4) is 0 Å². The molecular weight excluding hydrogens is 182 g/mol. The Morgan fingerprint density at radius 1 is 0.867 bits per heavy atom. The Bertz CT molecular complexity index is 348. The minimum absolute atomic E-state index is 0.914. The van der Waals surface area contributed by atoms with Gasteiger partial charge in [0.05, 0.1) is 5.70 Å². The van der Waals surface area contributed by atoms with Gasteiger partial charge >= 0.3 is 0 Å². The molecular formula is C14H21N. The first kappa shape index (κ1) is 13.6. The molecule has 0 unspecified atom stereocenters. The molecule has 0 aromatic carbocycles. The highest BCUT2D eigenvalue weighted by molar-refractivity contribution is 5.97. The largest absolute Gasteiger partial charge is 0.253 e. The molecule has 0 radical (unpaired) electrons. The molecule has 0 spiro atoms. The molecule has 1 nitrogen and oxygen atoms in total. The van der Waals surface area contributed by atoms with E-state index in [1.807, 2.05) is 32.9 Å². The van der Waals surface area contributed by atoms with Crippen molar-refractivity contribution < 1.29 is 0 Å². The third-order valence-electron chi connectivity index (χ3n) is 1.92. The van der Waals surface area contributed by atoms with Crippen molar-refractivity contribution in [3.8, 4) is 0 Å². The van der Waals surface area contributed by atoms with Crippen molar-refractivity contribution in [2.75, 3.05) is 0 Å². The lowest BCUT2D eigenvalue weighted by atomic mass is 10.2. The smallest absolute Gasteiger partial charge is 0.0656 e. The second kappa shape index (κ2) is 6.18. The molecule has 0 fully saturated rings. The average molecular weight is 203 g/mol. The maximum atomic E-state index is 4.48. The lowest BCUT2D eigenvalue weighted by molar-refractivity contribution is 1.27. The molecule has 82 valence electrons. The van der Waals surface area contributed by atoms with E-state index >= 15 is 0 Å². The topological polar surface area (TPSA) is 12.4 Å². The molecule has 0 aliphatic rings. The van der Waals surface area contributed by atoms with Gasteiger partial charge in [-0.05, 0) is 51.8 Å². The summed E-state index contributed by atoms with van der Waals surface area (Å²) in [5.74, 6) is 0. The molecule has 0 aliphatic heterocycles. The van der Waals surface area contributed by atoms with Gasteiger partial charge in [-0.2, -0.15) is 0 Å². The number of aliphatic imine (C=N–C) groups is 1. The molecule has 0 aromatic heterocycles. The second-order valence-electron chi connectivity index (χ2n) is 4.05. The first-order chi connectivity index (χ1) is 6.84. The van der Waals surface area contributed by atoms with Crippen LogP contribution in [0.25, 0.3) is 0 Å². The SMILES string of the molecule is C=C(C)C(=C\C=C(C)C)/N=C(\C)C(=C)C. The van der Waals surface area contributed by atoms with Gasteiger partial charge in [0.2, 0.25) is 0 Å². The van der Waals surface area contributed by atoms with E-state index < -0.39 is 0 Å². The Kier molecular flexibility index (Phi) is 5.61. The fourth-order valence-corrected chi connectivity index (χ4v) is 0.797. The van der Waals surface area contributed by atoms with E-state index in [9.17, 15) is 0 Å².